The first-order valence-electron chi connectivity index (χ1n) is 8.80. The number of aryl methyl sites for hydroxylation is 1. The van der Waals surface area contributed by atoms with Crippen LogP contribution >= 0.6 is 0 Å². The van der Waals surface area contributed by atoms with Crippen molar-refractivity contribution in [3.05, 3.63) is 18.2 Å². The van der Waals surface area contributed by atoms with E-state index in [0.717, 1.165) is 6.20 Å². The van der Waals surface area contributed by atoms with Crippen LogP contribution in [0.15, 0.2) is 12.5 Å². The molecule has 1 aromatic rings. The number of hydrogen-bond acceptors (Lipinski definition) is 3. The lowest BCUT2D eigenvalue weighted by Gasteiger charge is -2.12. The third-order valence-corrected chi connectivity index (χ3v) is 2.04. The average molecular weight is 217 g/mol. The summed E-state index contributed by atoms with van der Waals surface area (Å²) in [5.74, 6) is -7.73. The van der Waals surface area contributed by atoms with E-state index in [9.17, 15) is 4.79 Å². The fourth-order valence-corrected chi connectivity index (χ4v) is 1.19. The second kappa shape index (κ2) is 4.04. The van der Waals surface area contributed by atoms with Crippen LogP contribution in [0, 0.1) is 11.8 Å². The van der Waals surface area contributed by atoms with Crippen LogP contribution in [0.1, 0.15) is 31.3 Å². The van der Waals surface area contributed by atoms with Crippen LogP contribution in [0.3, 0.4) is 0 Å². The molecule has 15 heavy (non-hydrogen) atoms. The first-order valence-corrected chi connectivity index (χ1v) is 4.30. The predicted octanol–water partition coefficient (Wildman–Crippen LogP) is 1.16. The van der Waals surface area contributed by atoms with Crippen LogP contribution in [0.5, 0.6) is 0 Å². The zero-order chi connectivity index (χ0) is 18.8. The van der Waals surface area contributed by atoms with Crippen molar-refractivity contribution in [1.82, 2.24) is 9.55 Å². The Balaban J connectivity index is 2.73. The zero-order valence-corrected chi connectivity index (χ0v) is 8.07. The lowest BCUT2D eigenvalue weighted by atomic mass is 9.89. The van der Waals surface area contributed by atoms with E-state index in [0.29, 0.717) is 0 Å². The summed E-state index contributed by atoms with van der Waals surface area (Å²) in [5.41, 5.74) is -0.276. The normalized spacial score (nSPS) is 49.4. The van der Waals surface area contributed by atoms with E-state index < -0.39 is 44.0 Å². The number of rotatable bonds is 3. The monoisotopic (exact) mass is 217 g/mol. The minimum atomic E-state index is -3.22. The Bertz CT molecular complexity index is 671. The summed E-state index contributed by atoms with van der Waals surface area (Å²) in [6.07, 6.45) is -1.93. The fraction of sp³-hybridized carbons (Fsp3) is 0.636. The van der Waals surface area contributed by atoms with E-state index >= 15 is 0 Å². The Morgan fingerprint density at radius 2 is 2.87 bits per heavy atom. The lowest BCUT2D eigenvalue weighted by molar-refractivity contribution is -0.141. The number of hydrogen-bond donors (Lipinski definition) is 0. The van der Waals surface area contributed by atoms with Gasteiger partial charge in [-0.3, -0.25) is 4.79 Å². The highest BCUT2D eigenvalue weighted by Crippen LogP contribution is 2.27. The minimum Gasteiger partial charge on any atom is -0.465 e. The van der Waals surface area contributed by atoms with Crippen molar-refractivity contribution in [2.24, 2.45) is 18.8 Å². The maximum Gasteiger partial charge on any atom is 0.309 e. The fourth-order valence-electron chi connectivity index (χ4n) is 1.19. The number of cyclic esters (lactones) is 1. The maximum absolute atomic E-state index is 12.1. The molecule has 0 amide bonds. The van der Waals surface area contributed by atoms with Crippen molar-refractivity contribution in [3.8, 4) is 0 Å². The molecule has 1 fully saturated rings. The van der Waals surface area contributed by atoms with E-state index in [1.54, 1.807) is 0 Å². The van der Waals surface area contributed by atoms with Gasteiger partial charge in [0.05, 0.1) is 21.5 Å². The van der Waals surface area contributed by atoms with Crippen LogP contribution in [-0.2, 0) is 23.0 Å². The zero-order valence-electron chi connectivity index (χ0n) is 17.1. The molecule has 0 unspecified atom stereocenters. The maximum atomic E-state index is 12.1. The topological polar surface area (TPSA) is 44.1 Å². The molecule has 0 radical (unpaired) electrons. The van der Waals surface area contributed by atoms with Gasteiger partial charge in [-0.15, -0.1) is 0 Å². The highest BCUT2D eigenvalue weighted by Gasteiger charge is 2.35. The van der Waals surface area contributed by atoms with Crippen LogP contribution in [0.25, 0.3) is 0 Å². The summed E-state index contributed by atoms with van der Waals surface area (Å²) in [4.78, 5) is 15.8. The third-order valence-electron chi connectivity index (χ3n) is 2.04. The molecule has 4 nitrogen and oxygen atoms in total. The summed E-state index contributed by atoms with van der Waals surface area (Å²) >= 11 is 0. The molecule has 1 aliphatic heterocycles. The van der Waals surface area contributed by atoms with Crippen LogP contribution in [-0.4, -0.2) is 22.1 Å². The van der Waals surface area contributed by atoms with E-state index in [2.05, 4.69) is 9.72 Å². The molecular formula is C11H16N2O2. The summed E-state index contributed by atoms with van der Waals surface area (Å²) in [5, 5.41) is 0. The molecule has 0 saturated carbocycles. The molecule has 0 bridgehead atoms. The molecule has 1 aromatic heterocycles. The Morgan fingerprint density at radius 3 is 3.53 bits per heavy atom. The van der Waals surface area contributed by atoms with E-state index in [-0.39, 0.29) is 5.69 Å². The number of aromatic nitrogens is 2. The molecular weight excluding hydrogens is 192 g/mol. The van der Waals surface area contributed by atoms with Crippen LogP contribution in [0.2, 0.25) is 0 Å². The summed E-state index contributed by atoms with van der Waals surface area (Å²) in [6, 6.07) is 0. The first-order chi connectivity index (χ1) is 10.6. The lowest BCUT2D eigenvalue weighted by Crippen LogP contribution is -2.18. The highest BCUT2D eigenvalue weighted by atomic mass is 16.5. The number of ether oxygens (including phenoxy) is 1. The van der Waals surface area contributed by atoms with Crippen molar-refractivity contribution in [1.29, 1.82) is 0 Å². The van der Waals surface area contributed by atoms with Gasteiger partial charge in [-0.2, -0.15) is 0 Å². The van der Waals surface area contributed by atoms with Gasteiger partial charge in [-0.25, -0.2) is 4.98 Å². The minimum absolute atomic E-state index is 0.276. The van der Waals surface area contributed by atoms with Gasteiger partial charge in [0.1, 0.15) is 0 Å². The molecule has 4 heteroatoms. The highest BCUT2D eigenvalue weighted by molar-refractivity contribution is 5.74. The third kappa shape index (κ3) is 1.89. The van der Waals surface area contributed by atoms with Crippen molar-refractivity contribution < 1.29 is 21.9 Å². The van der Waals surface area contributed by atoms with Crippen molar-refractivity contribution >= 4 is 5.97 Å². The van der Waals surface area contributed by atoms with Gasteiger partial charge < -0.3 is 9.30 Å². The van der Waals surface area contributed by atoms with Gasteiger partial charge in [-0.05, 0) is 12.8 Å². The first kappa shape index (κ1) is 3.92. The Labute approximate surface area is 102 Å². The number of carbonyl (C=O) groups excluding carboxylic acids is 1. The van der Waals surface area contributed by atoms with Gasteiger partial charge in [0.25, 0.3) is 0 Å². The summed E-state index contributed by atoms with van der Waals surface area (Å²) in [6.45, 7) is -6.08. The van der Waals surface area contributed by atoms with E-state index in [4.69, 9.17) is 12.3 Å². The largest absolute Gasteiger partial charge is 0.465 e. The number of carbonyl (C=O) groups is 1. The quantitative estimate of drug-likeness (QED) is 0.714. The molecule has 1 aliphatic rings. The molecule has 0 aromatic carbocycles. The van der Waals surface area contributed by atoms with E-state index in [1.165, 1.54) is 17.9 Å². The molecule has 0 N–H and O–H groups in total. The smallest absolute Gasteiger partial charge is 0.309 e. The number of nitrogens with zero attached hydrogens (tertiary/aromatic N) is 2. The number of imidazole rings is 1. The molecule has 2 atom stereocenters. The van der Waals surface area contributed by atoms with Crippen molar-refractivity contribution in [2.45, 2.75) is 19.6 Å². The summed E-state index contributed by atoms with van der Waals surface area (Å²) < 4.78 is 76.4. The molecule has 0 aliphatic carbocycles. The van der Waals surface area contributed by atoms with Gasteiger partial charge in [0.15, 0.2) is 0 Å². The van der Waals surface area contributed by atoms with Crippen LogP contribution in [0.4, 0.5) is 0 Å². The molecule has 0 spiro atoms. The second-order valence-electron chi connectivity index (χ2n) is 3.04. The van der Waals surface area contributed by atoms with Crippen LogP contribution < -0.4 is 0 Å². The molecule has 1 saturated heterocycles. The van der Waals surface area contributed by atoms with Gasteiger partial charge >= 0.3 is 5.97 Å². The Hall–Kier alpha value is -1.32. The Morgan fingerprint density at radius 1 is 2.00 bits per heavy atom. The molecule has 2 rings (SSSR count). The van der Waals surface area contributed by atoms with E-state index in [1.807, 2.05) is 0 Å². The van der Waals surface area contributed by atoms with Gasteiger partial charge in [0.2, 0.25) is 0 Å². The second-order valence-corrected chi connectivity index (χ2v) is 3.04. The SMILES string of the molecule is [2H]C([2H])([2H])C[C@]1([2H])C(=O)OC([2H])([2H])[C@]1([2H])C([2H])([2H])c1cncn1C. The molecule has 82 valence electrons. The van der Waals surface area contributed by atoms with Crippen molar-refractivity contribution in [3.63, 3.8) is 0 Å². The standard InChI is InChI=1S/C11H16N2O2/c1-3-10-8(6-15-11(10)14)4-9-5-12-7-13(9)2/h5,7-8,10H,3-4,6H2,1-2H3/t8-,10-/m0/s1/i1D3,4D2,6D2,8D,10D. The molecule has 2 heterocycles. The summed E-state index contributed by atoms with van der Waals surface area (Å²) in [7, 11) is 1.39. The van der Waals surface area contributed by atoms with Crippen molar-refractivity contribution in [2.75, 3.05) is 6.56 Å². The number of esters is 1. The predicted molar refractivity (Wildman–Crippen MR) is 55.1 cm³/mol. The van der Waals surface area contributed by atoms with Gasteiger partial charge in [0, 0.05) is 34.4 Å². The Kier molecular flexibility index (Phi) is 1.06. The van der Waals surface area contributed by atoms with Gasteiger partial charge in [-0.1, -0.05) is 6.85 Å². The average Bonchev–Trinajstić information content (AvgIpc) is 2.85.